The molecule has 2 heteroatoms. The Morgan fingerprint density at radius 2 is 1.53 bits per heavy atom. The molecule has 2 spiro atoms. The van der Waals surface area contributed by atoms with Crippen molar-refractivity contribution in [1.29, 1.82) is 0 Å². The minimum Gasteiger partial charge on any atom is -0.393 e. The first-order chi connectivity index (χ1) is 14.9. The summed E-state index contributed by atoms with van der Waals surface area (Å²) in [5.74, 6) is 3.08. The second-order valence-electron chi connectivity index (χ2n) is 14.4. The van der Waals surface area contributed by atoms with Gasteiger partial charge in [0.2, 0.25) is 0 Å². The number of hydrogen-bond acceptors (Lipinski definition) is 2. The molecule has 10 atom stereocenters. The minimum absolute atomic E-state index is 0.0885. The molecule has 0 aromatic carbocycles. The first-order valence-electron chi connectivity index (χ1n) is 13.9. The summed E-state index contributed by atoms with van der Waals surface area (Å²) in [6.45, 7) is 18.5. The van der Waals surface area contributed by atoms with Crippen molar-refractivity contribution in [3.63, 3.8) is 0 Å². The molecule has 32 heavy (non-hydrogen) atoms. The van der Waals surface area contributed by atoms with E-state index in [0.717, 1.165) is 42.6 Å². The zero-order chi connectivity index (χ0) is 23.3. The molecule has 0 amide bonds. The van der Waals surface area contributed by atoms with Crippen LogP contribution >= 0.6 is 0 Å². The van der Waals surface area contributed by atoms with Crippen molar-refractivity contribution in [3.05, 3.63) is 12.2 Å². The highest BCUT2D eigenvalue weighted by Gasteiger charge is 2.82. The molecule has 2 nitrogen and oxygen atoms in total. The third-order valence-corrected chi connectivity index (χ3v) is 13.3. The Morgan fingerprint density at radius 3 is 2.22 bits per heavy atom. The van der Waals surface area contributed by atoms with E-state index in [9.17, 15) is 10.2 Å². The Bertz CT molecular complexity index is 786. The molecular weight excluding hydrogens is 392 g/mol. The molecule has 0 aromatic heterocycles. The molecule has 2 N–H and O–H groups in total. The van der Waals surface area contributed by atoms with Crippen molar-refractivity contribution in [1.82, 2.24) is 0 Å². The first-order valence-corrected chi connectivity index (χ1v) is 13.9. The fraction of sp³-hybridized carbons (Fsp3) is 0.933. The van der Waals surface area contributed by atoms with E-state index in [-0.39, 0.29) is 17.6 Å². The normalized spacial score (nSPS) is 52.8. The predicted octanol–water partition coefficient (Wildman–Crippen LogP) is 7.14. The number of hydrogen-bond donors (Lipinski definition) is 2. The van der Waals surface area contributed by atoms with Gasteiger partial charge in [0, 0.05) is 0 Å². The Kier molecular flexibility index (Phi) is 5.19. The minimum atomic E-state index is -0.334. The summed E-state index contributed by atoms with van der Waals surface area (Å²) in [4.78, 5) is 0. The van der Waals surface area contributed by atoms with Crippen molar-refractivity contribution in [2.45, 2.75) is 124 Å². The number of rotatable bonds is 5. The third-order valence-electron chi connectivity index (χ3n) is 13.3. The van der Waals surface area contributed by atoms with Crippen LogP contribution in [0.3, 0.4) is 0 Å². The summed E-state index contributed by atoms with van der Waals surface area (Å²) in [5.41, 5.74) is 3.03. The topological polar surface area (TPSA) is 40.5 Å². The van der Waals surface area contributed by atoms with Crippen molar-refractivity contribution in [2.75, 3.05) is 0 Å². The van der Waals surface area contributed by atoms with Gasteiger partial charge in [-0.3, -0.25) is 0 Å². The number of fused-ring (bicyclic) bond motifs is 2. The molecule has 5 fully saturated rings. The number of aliphatic hydroxyl groups excluding tert-OH is 2. The molecular formula is C30H50O2. The predicted molar refractivity (Wildman–Crippen MR) is 132 cm³/mol. The molecule has 5 rings (SSSR count). The fourth-order valence-corrected chi connectivity index (χ4v) is 11.2. The summed E-state index contributed by atoms with van der Waals surface area (Å²) < 4.78 is 0. The van der Waals surface area contributed by atoms with Crippen molar-refractivity contribution >= 4 is 0 Å². The van der Waals surface area contributed by atoms with Crippen LogP contribution in [0.5, 0.6) is 0 Å². The molecule has 5 aliphatic rings. The summed E-state index contributed by atoms with van der Waals surface area (Å²) in [7, 11) is 0. The largest absolute Gasteiger partial charge is 0.393 e. The monoisotopic (exact) mass is 442 g/mol. The SMILES string of the molecule is C=C(C)[C@H](O)CC[C@@H](C)[C@H]1CC[C@@]2(C)[C@H]3CC[C@H]4C(C)(C)[C@@H](O)CC[C@@]45C[C@@]35CC[C@]12C. The van der Waals surface area contributed by atoms with Gasteiger partial charge in [-0.2, -0.15) is 0 Å². The molecule has 0 bridgehead atoms. The van der Waals surface area contributed by atoms with Crippen LogP contribution in [-0.4, -0.2) is 22.4 Å². The van der Waals surface area contributed by atoms with Crippen LogP contribution in [-0.2, 0) is 0 Å². The maximum absolute atomic E-state index is 10.8. The van der Waals surface area contributed by atoms with E-state index >= 15 is 0 Å². The average Bonchev–Trinajstić information content (AvgIpc) is 3.31. The van der Waals surface area contributed by atoms with Gasteiger partial charge in [0.05, 0.1) is 12.2 Å². The zero-order valence-corrected chi connectivity index (χ0v) is 21.8. The van der Waals surface area contributed by atoms with Crippen molar-refractivity contribution in [2.24, 2.45) is 50.7 Å². The van der Waals surface area contributed by atoms with Gasteiger partial charge in [-0.05, 0) is 128 Å². The van der Waals surface area contributed by atoms with Crippen LogP contribution in [0.1, 0.15) is 112 Å². The van der Waals surface area contributed by atoms with E-state index in [1.807, 2.05) is 6.92 Å². The van der Waals surface area contributed by atoms with Gasteiger partial charge >= 0.3 is 0 Å². The molecule has 0 aromatic rings. The zero-order valence-electron chi connectivity index (χ0n) is 21.8. The van der Waals surface area contributed by atoms with Crippen LogP contribution in [0.2, 0.25) is 0 Å². The van der Waals surface area contributed by atoms with Gasteiger partial charge in [0.15, 0.2) is 0 Å². The van der Waals surface area contributed by atoms with Crippen LogP contribution in [0.25, 0.3) is 0 Å². The van der Waals surface area contributed by atoms with Gasteiger partial charge in [0.25, 0.3) is 0 Å². The van der Waals surface area contributed by atoms with E-state index in [0.29, 0.717) is 27.6 Å². The maximum Gasteiger partial charge on any atom is 0.0744 e. The van der Waals surface area contributed by atoms with Crippen LogP contribution < -0.4 is 0 Å². The Labute approximate surface area is 197 Å². The lowest BCUT2D eigenvalue weighted by Crippen LogP contribution is -2.57. The fourth-order valence-electron chi connectivity index (χ4n) is 11.2. The molecule has 5 saturated carbocycles. The first kappa shape index (κ1) is 23.4. The summed E-state index contributed by atoms with van der Waals surface area (Å²) in [5, 5.41) is 21.2. The highest BCUT2D eigenvalue weighted by molar-refractivity contribution is 5.30. The van der Waals surface area contributed by atoms with Crippen LogP contribution in [0.4, 0.5) is 0 Å². The second kappa shape index (κ2) is 7.09. The third kappa shape index (κ3) is 2.72. The van der Waals surface area contributed by atoms with Crippen LogP contribution in [0, 0.1) is 50.7 Å². The van der Waals surface area contributed by atoms with E-state index in [1.54, 1.807) is 0 Å². The number of aliphatic hydroxyl groups is 2. The average molecular weight is 443 g/mol. The summed E-state index contributed by atoms with van der Waals surface area (Å²) in [6.07, 6.45) is 13.7. The lowest BCUT2D eigenvalue weighted by atomic mass is 9.41. The maximum atomic E-state index is 10.8. The van der Waals surface area contributed by atoms with Crippen molar-refractivity contribution in [3.8, 4) is 0 Å². The van der Waals surface area contributed by atoms with Gasteiger partial charge in [-0.1, -0.05) is 46.8 Å². The highest BCUT2D eigenvalue weighted by Crippen LogP contribution is 2.89. The Balaban J connectivity index is 1.39. The standard InChI is InChI=1S/C30H50O2/c1-19(2)22(31)9-8-20(3)21-12-14-28(7)24-11-10-23-26(4,5)25(32)13-15-29(23)18-30(24,29)17-16-27(21,28)6/h20-25,31-32H,1,8-18H2,2-7H3/t20-,21-,22-,23+,24-,25+,27-,28+,29-,30+/m1/s1. The molecule has 0 heterocycles. The molecule has 0 radical (unpaired) electrons. The van der Waals surface area contributed by atoms with Crippen LogP contribution in [0.15, 0.2) is 12.2 Å². The molecule has 5 aliphatic carbocycles. The van der Waals surface area contributed by atoms with E-state index in [4.69, 9.17) is 0 Å². The lowest BCUT2D eigenvalue weighted by molar-refractivity contribution is -0.161. The van der Waals surface area contributed by atoms with E-state index in [1.165, 1.54) is 51.4 Å². The molecule has 0 aliphatic heterocycles. The van der Waals surface area contributed by atoms with Gasteiger partial charge in [0.1, 0.15) is 0 Å². The Morgan fingerprint density at radius 1 is 0.875 bits per heavy atom. The molecule has 182 valence electrons. The van der Waals surface area contributed by atoms with Gasteiger partial charge < -0.3 is 10.2 Å². The second-order valence-corrected chi connectivity index (χ2v) is 14.4. The van der Waals surface area contributed by atoms with E-state index in [2.05, 4.69) is 41.2 Å². The quantitative estimate of drug-likeness (QED) is 0.444. The van der Waals surface area contributed by atoms with Crippen molar-refractivity contribution < 1.29 is 10.2 Å². The Hall–Kier alpha value is -0.340. The molecule has 0 unspecified atom stereocenters. The molecule has 0 saturated heterocycles. The smallest absolute Gasteiger partial charge is 0.0744 e. The lowest BCUT2D eigenvalue weighted by Gasteiger charge is -2.63. The van der Waals surface area contributed by atoms with Gasteiger partial charge in [-0.15, -0.1) is 0 Å². The van der Waals surface area contributed by atoms with E-state index < -0.39 is 0 Å². The van der Waals surface area contributed by atoms with Gasteiger partial charge in [-0.25, -0.2) is 0 Å². The highest BCUT2D eigenvalue weighted by atomic mass is 16.3. The summed E-state index contributed by atoms with van der Waals surface area (Å²) >= 11 is 0. The summed E-state index contributed by atoms with van der Waals surface area (Å²) in [6, 6.07) is 0.